The van der Waals surface area contributed by atoms with Crippen molar-refractivity contribution in [2.45, 2.75) is 53.1 Å². The van der Waals surface area contributed by atoms with E-state index in [2.05, 4.69) is 81.4 Å². The number of ether oxygens (including phenoxy) is 1. The van der Waals surface area contributed by atoms with E-state index in [-0.39, 0.29) is 30.0 Å². The number of aryl methyl sites for hydroxylation is 1. The van der Waals surface area contributed by atoms with Gasteiger partial charge in [-0.2, -0.15) is 0 Å². The first-order valence-corrected chi connectivity index (χ1v) is 12.0. The monoisotopic (exact) mass is 571 g/mol. The van der Waals surface area contributed by atoms with Crippen molar-refractivity contribution in [2.24, 2.45) is 4.99 Å². The predicted molar refractivity (Wildman–Crippen MR) is 146 cm³/mol. The molecule has 0 spiro atoms. The lowest BCUT2D eigenvalue weighted by molar-refractivity contribution is 0.145. The molecule has 0 aliphatic heterocycles. The minimum Gasteiger partial charge on any atom is -0.382 e. The SMILES string of the molecule is CCOCCCNC(=NCC(c1ccccc1)N(CC)CC)NCCn1cnnc1CC.I. The van der Waals surface area contributed by atoms with Crippen LogP contribution in [0.5, 0.6) is 0 Å². The number of nitrogens with one attached hydrogen (secondary N) is 2. The Hall–Kier alpha value is -1.72. The summed E-state index contributed by atoms with van der Waals surface area (Å²) in [6.45, 7) is 15.1. The van der Waals surface area contributed by atoms with Gasteiger partial charge in [0.05, 0.1) is 12.6 Å². The van der Waals surface area contributed by atoms with Crippen molar-refractivity contribution in [3.63, 3.8) is 0 Å². The van der Waals surface area contributed by atoms with E-state index in [0.717, 1.165) is 70.6 Å². The van der Waals surface area contributed by atoms with Crippen molar-refractivity contribution in [2.75, 3.05) is 45.9 Å². The number of hydrogen-bond donors (Lipinski definition) is 2. The Labute approximate surface area is 216 Å². The summed E-state index contributed by atoms with van der Waals surface area (Å²) in [4.78, 5) is 7.42. The summed E-state index contributed by atoms with van der Waals surface area (Å²) in [6, 6.07) is 10.9. The number of aromatic nitrogens is 3. The molecule has 1 aromatic heterocycles. The van der Waals surface area contributed by atoms with Gasteiger partial charge in [-0.15, -0.1) is 34.2 Å². The molecule has 1 atom stereocenters. The van der Waals surface area contributed by atoms with Crippen molar-refractivity contribution in [3.05, 3.63) is 48.0 Å². The molecule has 2 N–H and O–H groups in total. The van der Waals surface area contributed by atoms with Crippen molar-refractivity contribution < 1.29 is 4.74 Å². The lowest BCUT2D eigenvalue weighted by Crippen LogP contribution is -2.40. The molecule has 0 amide bonds. The fourth-order valence-corrected chi connectivity index (χ4v) is 3.68. The van der Waals surface area contributed by atoms with Gasteiger partial charge in [-0.1, -0.05) is 51.1 Å². The van der Waals surface area contributed by atoms with Crippen molar-refractivity contribution in [1.82, 2.24) is 30.3 Å². The number of halogens is 1. The van der Waals surface area contributed by atoms with E-state index in [4.69, 9.17) is 9.73 Å². The standard InChI is InChI=1S/C24H41N7O.HI/c1-5-23-29-28-20-31(23)17-16-26-24(25-15-12-18-32-8-4)27-19-22(30(6-2)7-3)21-13-10-9-11-14-21;/h9-11,13-14,20,22H,5-8,12,15-19H2,1-4H3,(H2,25,26,27);1H. The fraction of sp³-hybridized carbons (Fsp3) is 0.625. The van der Waals surface area contributed by atoms with Crippen molar-refractivity contribution >= 4 is 29.9 Å². The van der Waals surface area contributed by atoms with Gasteiger partial charge < -0.3 is 19.9 Å². The van der Waals surface area contributed by atoms with Crippen LogP contribution in [0.3, 0.4) is 0 Å². The first-order valence-electron chi connectivity index (χ1n) is 12.0. The average Bonchev–Trinajstić information content (AvgIpc) is 3.29. The van der Waals surface area contributed by atoms with Crippen molar-refractivity contribution in [3.8, 4) is 0 Å². The maximum Gasteiger partial charge on any atom is 0.191 e. The van der Waals surface area contributed by atoms with Crippen molar-refractivity contribution in [1.29, 1.82) is 0 Å². The Morgan fingerprint density at radius 3 is 2.48 bits per heavy atom. The van der Waals surface area contributed by atoms with Gasteiger partial charge in [0.25, 0.3) is 0 Å². The zero-order valence-corrected chi connectivity index (χ0v) is 23.0. The van der Waals surface area contributed by atoms with Gasteiger partial charge in [-0.3, -0.25) is 9.89 Å². The highest BCUT2D eigenvalue weighted by Crippen LogP contribution is 2.20. The second kappa shape index (κ2) is 17.7. The Kier molecular flexibility index (Phi) is 15.7. The van der Waals surface area contributed by atoms with E-state index < -0.39 is 0 Å². The second-order valence-corrected chi connectivity index (χ2v) is 7.54. The van der Waals surface area contributed by atoms with Gasteiger partial charge in [0.1, 0.15) is 12.2 Å². The van der Waals surface area contributed by atoms with E-state index in [0.29, 0.717) is 6.54 Å². The zero-order valence-electron chi connectivity index (χ0n) is 20.7. The Morgan fingerprint density at radius 1 is 1.09 bits per heavy atom. The molecule has 1 unspecified atom stereocenters. The lowest BCUT2D eigenvalue weighted by Gasteiger charge is -2.29. The number of guanidine groups is 1. The molecule has 1 heterocycles. The number of aliphatic imine (C=N–C) groups is 1. The maximum atomic E-state index is 5.46. The molecule has 0 saturated carbocycles. The molecule has 2 rings (SSSR count). The van der Waals surface area contributed by atoms with E-state index in [1.165, 1.54) is 5.56 Å². The number of rotatable bonds is 15. The molecule has 0 bridgehead atoms. The van der Waals surface area contributed by atoms with Crippen LogP contribution in [0.4, 0.5) is 0 Å². The third kappa shape index (κ3) is 10.4. The summed E-state index contributed by atoms with van der Waals surface area (Å²) in [6.07, 6.45) is 3.61. The van der Waals surface area contributed by atoms with Crippen LogP contribution in [0.15, 0.2) is 41.7 Å². The van der Waals surface area contributed by atoms with Crippen LogP contribution in [0.2, 0.25) is 0 Å². The summed E-state index contributed by atoms with van der Waals surface area (Å²) in [5.41, 5.74) is 1.30. The van der Waals surface area contributed by atoms with Gasteiger partial charge >= 0.3 is 0 Å². The smallest absolute Gasteiger partial charge is 0.191 e. The third-order valence-corrected chi connectivity index (χ3v) is 5.48. The highest BCUT2D eigenvalue weighted by atomic mass is 127. The quantitative estimate of drug-likeness (QED) is 0.148. The molecule has 0 aliphatic carbocycles. The molecule has 186 valence electrons. The van der Waals surface area contributed by atoms with Gasteiger partial charge in [0.15, 0.2) is 5.96 Å². The Morgan fingerprint density at radius 2 is 1.82 bits per heavy atom. The molecule has 0 fully saturated rings. The summed E-state index contributed by atoms with van der Waals surface area (Å²) >= 11 is 0. The third-order valence-electron chi connectivity index (χ3n) is 5.48. The van der Waals surface area contributed by atoms with Gasteiger partial charge in [0, 0.05) is 39.3 Å². The summed E-state index contributed by atoms with van der Waals surface area (Å²) < 4.78 is 7.55. The van der Waals surface area contributed by atoms with Crippen LogP contribution in [0.1, 0.15) is 51.5 Å². The molecule has 0 radical (unpaired) electrons. The molecule has 1 aromatic carbocycles. The maximum absolute atomic E-state index is 5.46. The van der Waals surface area contributed by atoms with E-state index in [9.17, 15) is 0 Å². The summed E-state index contributed by atoms with van der Waals surface area (Å²) in [5, 5.41) is 15.1. The number of benzene rings is 1. The topological polar surface area (TPSA) is 79.6 Å². The molecule has 9 heteroatoms. The first-order chi connectivity index (χ1) is 15.7. The largest absolute Gasteiger partial charge is 0.382 e. The van der Waals surface area contributed by atoms with E-state index in [1.807, 2.05) is 6.92 Å². The number of hydrogen-bond acceptors (Lipinski definition) is 5. The highest BCUT2D eigenvalue weighted by molar-refractivity contribution is 14.0. The summed E-state index contributed by atoms with van der Waals surface area (Å²) in [7, 11) is 0. The first kappa shape index (κ1) is 29.3. The van der Waals surface area contributed by atoms with Crippen LogP contribution >= 0.6 is 24.0 Å². The Bertz CT molecular complexity index is 765. The van der Waals surface area contributed by atoms with E-state index >= 15 is 0 Å². The Balaban J connectivity index is 0.00000544. The van der Waals surface area contributed by atoms with Crippen LogP contribution in [0, 0.1) is 0 Å². The van der Waals surface area contributed by atoms with E-state index in [1.54, 1.807) is 6.33 Å². The molecule has 0 aliphatic rings. The predicted octanol–water partition coefficient (Wildman–Crippen LogP) is 3.50. The van der Waals surface area contributed by atoms with Crippen LogP contribution in [0.25, 0.3) is 0 Å². The van der Waals surface area contributed by atoms with Crippen LogP contribution in [-0.4, -0.2) is 71.6 Å². The highest BCUT2D eigenvalue weighted by Gasteiger charge is 2.17. The average molecular weight is 572 g/mol. The fourth-order valence-electron chi connectivity index (χ4n) is 3.68. The minimum atomic E-state index is 0. The lowest BCUT2D eigenvalue weighted by atomic mass is 10.1. The second-order valence-electron chi connectivity index (χ2n) is 7.54. The number of nitrogens with zero attached hydrogens (tertiary/aromatic N) is 5. The zero-order chi connectivity index (χ0) is 23.0. The summed E-state index contributed by atoms with van der Waals surface area (Å²) in [5.74, 6) is 1.83. The molecule has 0 saturated heterocycles. The van der Waals surface area contributed by atoms with Crippen LogP contribution in [-0.2, 0) is 17.7 Å². The number of likely N-dealkylation sites (N-methyl/N-ethyl adjacent to an activating group) is 1. The van der Waals surface area contributed by atoms with Gasteiger partial charge in [0.2, 0.25) is 0 Å². The normalized spacial score (nSPS) is 12.5. The molecular weight excluding hydrogens is 529 g/mol. The molecule has 8 nitrogen and oxygen atoms in total. The van der Waals surface area contributed by atoms with Gasteiger partial charge in [-0.05, 0) is 32.0 Å². The molecule has 2 aromatic rings. The molecular formula is C24H42IN7O. The van der Waals surface area contributed by atoms with Gasteiger partial charge in [-0.25, -0.2) is 0 Å². The minimum absolute atomic E-state index is 0. The van der Waals surface area contributed by atoms with Crippen LogP contribution < -0.4 is 10.6 Å². The molecule has 33 heavy (non-hydrogen) atoms.